The number of aliphatic hydroxyl groups excluding tert-OH is 1. The van der Waals surface area contributed by atoms with Crippen molar-refractivity contribution in [3.8, 4) is 5.75 Å². The Balaban J connectivity index is 1.72. The fourth-order valence-electron chi connectivity index (χ4n) is 3.96. The second-order valence-electron chi connectivity index (χ2n) is 7.87. The normalized spacial score (nSPS) is 17.4. The van der Waals surface area contributed by atoms with Crippen molar-refractivity contribution in [2.24, 2.45) is 0 Å². The van der Waals surface area contributed by atoms with Gasteiger partial charge in [0.15, 0.2) is 0 Å². The van der Waals surface area contributed by atoms with Crippen LogP contribution in [-0.4, -0.2) is 28.4 Å². The fraction of sp³-hybridized carbons (Fsp3) is 0.222. The van der Waals surface area contributed by atoms with E-state index in [0.717, 1.165) is 19.3 Å². The summed E-state index contributed by atoms with van der Waals surface area (Å²) in [6.07, 6.45) is 6.41. The molecule has 0 saturated carbocycles. The minimum Gasteiger partial charge on any atom is -0.507 e. The van der Waals surface area contributed by atoms with Crippen LogP contribution in [0.1, 0.15) is 43.4 Å². The van der Waals surface area contributed by atoms with Crippen LogP contribution in [0.15, 0.2) is 84.7 Å². The van der Waals surface area contributed by atoms with Crippen molar-refractivity contribution < 1.29 is 19.4 Å². The number of hydrogen-bond donors (Lipinski definition) is 1. The van der Waals surface area contributed by atoms with Crippen LogP contribution in [0, 0.1) is 0 Å². The summed E-state index contributed by atoms with van der Waals surface area (Å²) in [4.78, 5) is 31.6. The van der Waals surface area contributed by atoms with Gasteiger partial charge in [0.1, 0.15) is 11.5 Å². The van der Waals surface area contributed by atoms with Crippen molar-refractivity contribution in [2.75, 3.05) is 11.5 Å². The zero-order chi connectivity index (χ0) is 23.2. The van der Waals surface area contributed by atoms with E-state index in [-0.39, 0.29) is 11.3 Å². The number of Topliss-reactive ketones (excluding diaryl/α,β-unsaturated/α-hetero) is 1. The highest BCUT2D eigenvalue weighted by molar-refractivity contribution is 6.51. The molecule has 1 aliphatic heterocycles. The molecule has 3 aromatic rings. The van der Waals surface area contributed by atoms with E-state index in [1.807, 2.05) is 6.07 Å². The molecule has 0 bridgehead atoms. The van der Waals surface area contributed by atoms with E-state index in [1.54, 1.807) is 73.1 Å². The van der Waals surface area contributed by atoms with Gasteiger partial charge in [0.05, 0.1) is 18.2 Å². The van der Waals surface area contributed by atoms with Crippen LogP contribution in [0.3, 0.4) is 0 Å². The number of aliphatic hydroxyl groups is 1. The average Bonchev–Trinajstić information content (AvgIpc) is 3.13. The maximum absolute atomic E-state index is 13.1. The lowest BCUT2D eigenvalue weighted by Crippen LogP contribution is -2.29. The van der Waals surface area contributed by atoms with Gasteiger partial charge in [-0.2, -0.15) is 0 Å². The summed E-state index contributed by atoms with van der Waals surface area (Å²) in [5, 5.41) is 11.2. The summed E-state index contributed by atoms with van der Waals surface area (Å²) in [7, 11) is 0. The standard InChI is InChI=1S/C27H26N2O4/c1-2-3-7-18-33-22-12-10-20(11-13-22)25(30)23-24(19-14-16-28-17-15-19)29(27(32)26(23)31)21-8-5-4-6-9-21/h4-6,8-17,24,30H,2-3,7,18H2,1H3/b25-23-. The highest BCUT2D eigenvalue weighted by Gasteiger charge is 2.46. The lowest BCUT2D eigenvalue weighted by molar-refractivity contribution is -0.132. The minimum absolute atomic E-state index is 0.0478. The predicted molar refractivity (Wildman–Crippen MR) is 127 cm³/mol. The number of aromatic nitrogens is 1. The molecule has 2 aromatic carbocycles. The van der Waals surface area contributed by atoms with Gasteiger partial charge in [-0.15, -0.1) is 0 Å². The topological polar surface area (TPSA) is 79.7 Å². The highest BCUT2D eigenvalue weighted by atomic mass is 16.5. The molecule has 6 nitrogen and oxygen atoms in total. The molecule has 2 heterocycles. The van der Waals surface area contributed by atoms with Crippen molar-refractivity contribution in [1.82, 2.24) is 4.98 Å². The number of pyridine rings is 1. The number of anilines is 1. The maximum atomic E-state index is 13.1. The van der Waals surface area contributed by atoms with Crippen molar-refractivity contribution in [2.45, 2.75) is 32.2 Å². The van der Waals surface area contributed by atoms with Gasteiger partial charge in [-0.3, -0.25) is 19.5 Å². The monoisotopic (exact) mass is 442 g/mol. The molecule has 1 unspecified atom stereocenters. The molecule has 0 spiro atoms. The number of ketones is 1. The quantitative estimate of drug-likeness (QED) is 0.222. The van der Waals surface area contributed by atoms with Crippen molar-refractivity contribution in [3.63, 3.8) is 0 Å². The van der Waals surface area contributed by atoms with Gasteiger partial charge in [-0.1, -0.05) is 38.0 Å². The van der Waals surface area contributed by atoms with Crippen molar-refractivity contribution in [3.05, 3.63) is 95.8 Å². The first kappa shape index (κ1) is 22.3. The van der Waals surface area contributed by atoms with E-state index in [0.29, 0.717) is 29.2 Å². The molecule has 33 heavy (non-hydrogen) atoms. The maximum Gasteiger partial charge on any atom is 0.300 e. The second-order valence-corrected chi connectivity index (χ2v) is 7.87. The van der Waals surface area contributed by atoms with Gasteiger partial charge < -0.3 is 9.84 Å². The lowest BCUT2D eigenvalue weighted by Gasteiger charge is -2.25. The van der Waals surface area contributed by atoms with Crippen LogP contribution < -0.4 is 9.64 Å². The molecule has 1 aliphatic rings. The molecule has 168 valence electrons. The van der Waals surface area contributed by atoms with Crippen LogP contribution in [0.2, 0.25) is 0 Å². The third-order valence-corrected chi connectivity index (χ3v) is 5.65. The summed E-state index contributed by atoms with van der Waals surface area (Å²) in [5.74, 6) is -0.928. The Kier molecular flexibility index (Phi) is 6.83. The van der Waals surface area contributed by atoms with Crippen molar-refractivity contribution in [1.29, 1.82) is 0 Å². The summed E-state index contributed by atoms with van der Waals surface area (Å²) < 4.78 is 5.74. The Bertz CT molecular complexity index is 1140. The largest absolute Gasteiger partial charge is 0.507 e. The molecule has 6 heteroatoms. The van der Waals surface area contributed by atoms with Gasteiger partial charge in [0.2, 0.25) is 0 Å². The molecule has 1 atom stereocenters. The van der Waals surface area contributed by atoms with E-state index >= 15 is 0 Å². The number of hydrogen-bond acceptors (Lipinski definition) is 5. The fourth-order valence-corrected chi connectivity index (χ4v) is 3.96. The number of amides is 1. The molecular weight excluding hydrogens is 416 g/mol. The molecule has 4 rings (SSSR count). The molecule has 1 saturated heterocycles. The van der Waals surface area contributed by atoms with Crippen LogP contribution in [-0.2, 0) is 9.59 Å². The smallest absolute Gasteiger partial charge is 0.300 e. The molecule has 1 N–H and O–H groups in total. The third kappa shape index (κ3) is 4.65. The van der Waals surface area contributed by atoms with Crippen LogP contribution in [0.4, 0.5) is 5.69 Å². The number of carbonyl (C=O) groups excluding carboxylic acids is 2. The van der Waals surface area contributed by atoms with E-state index < -0.39 is 17.7 Å². The van der Waals surface area contributed by atoms with E-state index in [4.69, 9.17) is 4.74 Å². The first-order valence-electron chi connectivity index (χ1n) is 11.1. The van der Waals surface area contributed by atoms with E-state index in [1.165, 1.54) is 4.90 Å². The Morgan fingerprint density at radius 2 is 1.67 bits per heavy atom. The van der Waals surface area contributed by atoms with E-state index in [9.17, 15) is 14.7 Å². The summed E-state index contributed by atoms with van der Waals surface area (Å²) in [6, 6.07) is 18.6. The number of carbonyl (C=O) groups is 2. The molecule has 0 aliphatic carbocycles. The van der Waals surface area contributed by atoms with Gasteiger partial charge in [0, 0.05) is 23.6 Å². The van der Waals surface area contributed by atoms with Gasteiger partial charge in [0.25, 0.3) is 11.7 Å². The number of para-hydroxylation sites is 1. The zero-order valence-electron chi connectivity index (χ0n) is 18.5. The highest BCUT2D eigenvalue weighted by Crippen LogP contribution is 2.41. The summed E-state index contributed by atoms with van der Waals surface area (Å²) in [6.45, 7) is 2.77. The summed E-state index contributed by atoms with van der Waals surface area (Å²) >= 11 is 0. The molecule has 1 amide bonds. The van der Waals surface area contributed by atoms with Crippen LogP contribution in [0.5, 0.6) is 5.75 Å². The Morgan fingerprint density at radius 3 is 2.33 bits per heavy atom. The minimum atomic E-state index is -0.764. The van der Waals surface area contributed by atoms with Crippen LogP contribution >= 0.6 is 0 Å². The SMILES string of the molecule is CCCCCOc1ccc(/C(O)=C2/C(=O)C(=O)N(c3ccccc3)C2c2ccncc2)cc1. The number of ether oxygens (including phenoxy) is 1. The molecule has 0 radical (unpaired) electrons. The number of nitrogens with zero attached hydrogens (tertiary/aromatic N) is 2. The van der Waals surface area contributed by atoms with Gasteiger partial charge in [-0.05, 0) is 60.5 Å². The molecule has 1 aromatic heterocycles. The van der Waals surface area contributed by atoms with E-state index in [2.05, 4.69) is 11.9 Å². The number of rotatable bonds is 8. The van der Waals surface area contributed by atoms with Crippen molar-refractivity contribution >= 4 is 23.1 Å². The Hall–Kier alpha value is -3.93. The Labute approximate surface area is 193 Å². The second kappa shape index (κ2) is 10.1. The predicted octanol–water partition coefficient (Wildman–Crippen LogP) is 5.28. The Morgan fingerprint density at radius 1 is 0.970 bits per heavy atom. The first-order chi connectivity index (χ1) is 16.1. The first-order valence-corrected chi connectivity index (χ1v) is 11.1. The van der Waals surface area contributed by atoms with Gasteiger partial charge >= 0.3 is 0 Å². The number of unbranched alkanes of at least 4 members (excludes halogenated alkanes) is 2. The van der Waals surface area contributed by atoms with Crippen LogP contribution in [0.25, 0.3) is 5.76 Å². The third-order valence-electron chi connectivity index (χ3n) is 5.65. The molecular formula is C27H26N2O4. The van der Waals surface area contributed by atoms with Gasteiger partial charge in [-0.25, -0.2) is 0 Å². The summed E-state index contributed by atoms with van der Waals surface area (Å²) in [5.41, 5.74) is 1.76. The zero-order valence-corrected chi connectivity index (χ0v) is 18.5. The number of benzene rings is 2. The average molecular weight is 443 g/mol. The molecule has 1 fully saturated rings. The lowest BCUT2D eigenvalue weighted by atomic mass is 9.95.